The van der Waals surface area contributed by atoms with Crippen LogP contribution in [0.4, 0.5) is 0 Å². The van der Waals surface area contributed by atoms with Crippen LogP contribution in [0, 0.1) is 0 Å². The van der Waals surface area contributed by atoms with E-state index in [0.717, 1.165) is 26.2 Å². The zero-order valence-electron chi connectivity index (χ0n) is 7.51. The normalized spacial score (nSPS) is 13.4. The fourth-order valence-electron chi connectivity index (χ4n) is 0.864. The first kappa shape index (κ1) is 10.9. The van der Waals surface area contributed by atoms with Crippen LogP contribution in [-0.2, 0) is 9.47 Å². The second-order valence-electron chi connectivity index (χ2n) is 2.30. The molecule has 0 amide bonds. The first-order valence-corrected chi connectivity index (χ1v) is 4.24. The van der Waals surface area contributed by atoms with Gasteiger partial charge in [0.25, 0.3) is 0 Å². The fourth-order valence-corrected chi connectivity index (χ4v) is 0.864. The molecule has 0 aromatic heterocycles. The molecule has 1 unspecified atom stereocenters. The lowest BCUT2D eigenvalue weighted by Crippen LogP contribution is -2.25. The molecule has 3 heteroatoms. The van der Waals surface area contributed by atoms with Crippen molar-refractivity contribution >= 4 is 0 Å². The van der Waals surface area contributed by atoms with Crippen molar-refractivity contribution in [2.45, 2.75) is 26.4 Å². The van der Waals surface area contributed by atoms with Gasteiger partial charge in [-0.25, -0.2) is 0 Å². The van der Waals surface area contributed by atoms with E-state index in [-0.39, 0.29) is 6.10 Å². The van der Waals surface area contributed by atoms with Crippen LogP contribution in [0.3, 0.4) is 0 Å². The summed E-state index contributed by atoms with van der Waals surface area (Å²) >= 11 is 0. The lowest BCUT2D eigenvalue weighted by atomic mass is 10.2. The smallest absolute Gasteiger partial charge is 0.0719 e. The molecule has 1 atom stereocenters. The molecule has 3 nitrogen and oxygen atoms in total. The second kappa shape index (κ2) is 7.98. The summed E-state index contributed by atoms with van der Waals surface area (Å²) in [5.74, 6) is 0. The van der Waals surface area contributed by atoms with Crippen LogP contribution in [0.15, 0.2) is 0 Å². The van der Waals surface area contributed by atoms with Crippen molar-refractivity contribution in [2.24, 2.45) is 5.73 Å². The molecule has 0 spiro atoms. The van der Waals surface area contributed by atoms with Crippen LogP contribution >= 0.6 is 0 Å². The molecule has 0 aliphatic rings. The van der Waals surface area contributed by atoms with E-state index >= 15 is 0 Å². The maximum Gasteiger partial charge on any atom is 0.0719 e. The number of hydrogen-bond donors (Lipinski definition) is 1. The first-order chi connectivity index (χ1) is 5.35. The molecule has 0 aromatic carbocycles. The molecule has 0 bridgehead atoms. The number of hydrogen-bond acceptors (Lipinski definition) is 3. The zero-order valence-corrected chi connectivity index (χ0v) is 7.51. The van der Waals surface area contributed by atoms with Crippen LogP contribution in [0.2, 0.25) is 0 Å². The van der Waals surface area contributed by atoms with Gasteiger partial charge in [0.15, 0.2) is 0 Å². The van der Waals surface area contributed by atoms with Crippen molar-refractivity contribution in [1.82, 2.24) is 0 Å². The van der Waals surface area contributed by atoms with Crippen molar-refractivity contribution in [3.05, 3.63) is 0 Å². The highest BCUT2D eigenvalue weighted by Crippen LogP contribution is 1.96. The molecule has 0 saturated carbocycles. The van der Waals surface area contributed by atoms with E-state index in [1.807, 2.05) is 13.8 Å². The van der Waals surface area contributed by atoms with E-state index in [1.165, 1.54) is 0 Å². The Morgan fingerprint density at radius 1 is 1.27 bits per heavy atom. The Balaban J connectivity index is 3.20. The molecular weight excluding hydrogens is 142 g/mol. The zero-order chi connectivity index (χ0) is 8.53. The number of nitrogens with two attached hydrogens (primary N) is 1. The van der Waals surface area contributed by atoms with E-state index in [1.54, 1.807) is 0 Å². The van der Waals surface area contributed by atoms with Gasteiger partial charge in [0.2, 0.25) is 0 Å². The van der Waals surface area contributed by atoms with Crippen LogP contribution < -0.4 is 5.73 Å². The number of rotatable bonds is 7. The minimum atomic E-state index is 0.173. The Morgan fingerprint density at radius 3 is 2.45 bits per heavy atom. The van der Waals surface area contributed by atoms with Gasteiger partial charge in [0, 0.05) is 26.4 Å². The summed E-state index contributed by atoms with van der Waals surface area (Å²) in [7, 11) is 0. The third kappa shape index (κ3) is 6.28. The van der Waals surface area contributed by atoms with E-state index in [2.05, 4.69) is 0 Å². The summed E-state index contributed by atoms with van der Waals surface area (Å²) in [5, 5.41) is 0. The largest absolute Gasteiger partial charge is 0.382 e. The molecule has 0 fully saturated rings. The molecule has 2 N–H and O–H groups in total. The Bertz CT molecular complexity index is 78.5. The van der Waals surface area contributed by atoms with Gasteiger partial charge in [-0.05, 0) is 20.3 Å². The summed E-state index contributed by atoms with van der Waals surface area (Å²) in [6.07, 6.45) is 1.07. The molecule has 11 heavy (non-hydrogen) atoms. The summed E-state index contributed by atoms with van der Waals surface area (Å²) in [6.45, 7) is 6.79. The molecule has 0 heterocycles. The Hall–Kier alpha value is -0.120. The molecule has 0 aromatic rings. The molecule has 0 saturated heterocycles. The Morgan fingerprint density at radius 2 is 2.00 bits per heavy atom. The summed E-state index contributed by atoms with van der Waals surface area (Å²) in [5.41, 5.74) is 5.46. The third-order valence-corrected chi connectivity index (χ3v) is 1.45. The van der Waals surface area contributed by atoms with E-state index in [4.69, 9.17) is 15.2 Å². The second-order valence-corrected chi connectivity index (χ2v) is 2.30. The minimum Gasteiger partial charge on any atom is -0.382 e. The van der Waals surface area contributed by atoms with E-state index in [9.17, 15) is 0 Å². The Labute approximate surface area is 68.9 Å². The predicted octanol–water partition coefficient (Wildman–Crippen LogP) is 0.777. The van der Waals surface area contributed by atoms with Crippen LogP contribution in [-0.4, -0.2) is 32.5 Å². The molecule has 0 aliphatic heterocycles. The molecule has 0 aliphatic carbocycles. The standard InChI is InChI=1S/C8H19NO2/c1-3-10-6-5-8(7-9)11-4-2/h8H,3-7,9H2,1-2H3. The maximum atomic E-state index is 5.46. The van der Waals surface area contributed by atoms with Crippen LogP contribution in [0.25, 0.3) is 0 Å². The Kier molecular flexibility index (Phi) is 7.89. The molecular formula is C8H19NO2. The van der Waals surface area contributed by atoms with Gasteiger partial charge in [-0.1, -0.05) is 0 Å². The quantitative estimate of drug-likeness (QED) is 0.561. The van der Waals surface area contributed by atoms with Gasteiger partial charge >= 0.3 is 0 Å². The highest BCUT2D eigenvalue weighted by atomic mass is 16.5. The van der Waals surface area contributed by atoms with Crippen molar-refractivity contribution in [3.63, 3.8) is 0 Å². The topological polar surface area (TPSA) is 44.5 Å². The van der Waals surface area contributed by atoms with E-state index < -0.39 is 0 Å². The molecule has 0 radical (unpaired) electrons. The van der Waals surface area contributed by atoms with Gasteiger partial charge in [-0.2, -0.15) is 0 Å². The monoisotopic (exact) mass is 161 g/mol. The van der Waals surface area contributed by atoms with Crippen molar-refractivity contribution in [2.75, 3.05) is 26.4 Å². The summed E-state index contributed by atoms with van der Waals surface area (Å²) in [4.78, 5) is 0. The van der Waals surface area contributed by atoms with Gasteiger partial charge in [0.05, 0.1) is 6.10 Å². The first-order valence-electron chi connectivity index (χ1n) is 4.24. The third-order valence-electron chi connectivity index (χ3n) is 1.45. The highest BCUT2D eigenvalue weighted by molar-refractivity contribution is 4.57. The van der Waals surface area contributed by atoms with Gasteiger partial charge < -0.3 is 15.2 Å². The minimum absolute atomic E-state index is 0.173. The van der Waals surface area contributed by atoms with Crippen molar-refractivity contribution in [1.29, 1.82) is 0 Å². The lowest BCUT2D eigenvalue weighted by Gasteiger charge is -2.13. The lowest BCUT2D eigenvalue weighted by molar-refractivity contribution is 0.0351. The fraction of sp³-hybridized carbons (Fsp3) is 1.00. The average Bonchev–Trinajstić information content (AvgIpc) is 2.03. The summed E-state index contributed by atoms with van der Waals surface area (Å²) in [6, 6.07) is 0. The molecule has 68 valence electrons. The van der Waals surface area contributed by atoms with Crippen LogP contribution in [0.5, 0.6) is 0 Å². The highest BCUT2D eigenvalue weighted by Gasteiger charge is 2.04. The van der Waals surface area contributed by atoms with Crippen LogP contribution in [0.1, 0.15) is 20.3 Å². The van der Waals surface area contributed by atoms with Gasteiger partial charge in [-0.15, -0.1) is 0 Å². The summed E-state index contributed by atoms with van der Waals surface area (Å²) < 4.78 is 10.5. The van der Waals surface area contributed by atoms with Crippen molar-refractivity contribution in [3.8, 4) is 0 Å². The molecule has 0 rings (SSSR count). The van der Waals surface area contributed by atoms with Crippen molar-refractivity contribution < 1.29 is 9.47 Å². The van der Waals surface area contributed by atoms with E-state index in [0.29, 0.717) is 6.54 Å². The SMILES string of the molecule is CCOCCC(CN)OCC. The average molecular weight is 161 g/mol. The number of ether oxygens (including phenoxy) is 2. The van der Waals surface area contributed by atoms with Gasteiger partial charge in [0.1, 0.15) is 0 Å². The predicted molar refractivity (Wildman–Crippen MR) is 45.6 cm³/mol. The maximum absolute atomic E-state index is 5.46. The van der Waals surface area contributed by atoms with Gasteiger partial charge in [-0.3, -0.25) is 0 Å².